The lowest BCUT2D eigenvalue weighted by Gasteiger charge is -2.39. The van der Waals surface area contributed by atoms with Crippen LogP contribution in [0.1, 0.15) is 96.2 Å². The van der Waals surface area contributed by atoms with Crippen LogP contribution in [0.5, 0.6) is 11.5 Å². The summed E-state index contributed by atoms with van der Waals surface area (Å²) in [5.41, 5.74) is 6.03. The van der Waals surface area contributed by atoms with Gasteiger partial charge in [-0.25, -0.2) is 0 Å². The summed E-state index contributed by atoms with van der Waals surface area (Å²) in [6.07, 6.45) is 5.11. The Labute approximate surface area is 226 Å². The molecule has 1 atom stereocenters. The fourth-order valence-electron chi connectivity index (χ4n) is 6.92. The normalized spacial score (nSPS) is 24.9. The number of H-pyrrole nitrogens is 1. The average molecular weight is 522 g/mol. The van der Waals surface area contributed by atoms with Gasteiger partial charge in [-0.1, -0.05) is 13.8 Å². The molecule has 7 nitrogen and oxygen atoms in total. The second-order valence-corrected chi connectivity index (χ2v) is 12.3. The van der Waals surface area contributed by atoms with Crippen molar-refractivity contribution in [3.05, 3.63) is 55.5 Å². The number of carbonyl (C=O) groups is 1. The highest BCUT2D eigenvalue weighted by Crippen LogP contribution is 2.53. The Morgan fingerprint density at radius 2 is 1.74 bits per heavy atom. The summed E-state index contributed by atoms with van der Waals surface area (Å²) < 4.78 is 13.5. The van der Waals surface area contributed by atoms with Gasteiger partial charge in [-0.15, -0.1) is 0 Å². The van der Waals surface area contributed by atoms with Crippen LogP contribution in [0.4, 0.5) is 0 Å². The molecule has 3 aliphatic rings. The number of fused-ring (bicyclic) bond motifs is 2. The van der Waals surface area contributed by atoms with Crippen molar-refractivity contribution in [2.45, 2.75) is 97.9 Å². The van der Waals surface area contributed by atoms with E-state index in [2.05, 4.69) is 44.8 Å². The molecule has 7 heteroatoms. The van der Waals surface area contributed by atoms with Crippen molar-refractivity contribution in [2.24, 2.45) is 5.92 Å². The topological polar surface area (TPSA) is 74.9 Å². The number of aromatic nitrogens is 1. The summed E-state index contributed by atoms with van der Waals surface area (Å²) in [5, 5.41) is 0. The third-order valence-corrected chi connectivity index (χ3v) is 9.12. The van der Waals surface area contributed by atoms with E-state index in [1.807, 2.05) is 31.7 Å². The molecule has 1 unspecified atom stereocenters. The van der Waals surface area contributed by atoms with Gasteiger partial charge in [0.15, 0.2) is 11.5 Å². The third kappa shape index (κ3) is 4.42. The smallest absolute Gasteiger partial charge is 0.254 e. The largest absolute Gasteiger partial charge is 0.448 e. The van der Waals surface area contributed by atoms with Gasteiger partial charge in [0.1, 0.15) is 0 Å². The fourth-order valence-corrected chi connectivity index (χ4v) is 6.92. The molecule has 0 spiro atoms. The van der Waals surface area contributed by atoms with E-state index in [0.29, 0.717) is 30.6 Å². The molecule has 1 aromatic heterocycles. The summed E-state index contributed by atoms with van der Waals surface area (Å²) in [6, 6.07) is 2.57. The van der Waals surface area contributed by atoms with Crippen LogP contribution >= 0.6 is 0 Å². The maximum atomic E-state index is 14.0. The first-order valence-electron chi connectivity index (χ1n) is 14.1. The molecule has 206 valence electrons. The van der Waals surface area contributed by atoms with Crippen LogP contribution in [-0.4, -0.2) is 53.2 Å². The van der Waals surface area contributed by atoms with Crippen LogP contribution in [0.3, 0.4) is 0 Å². The molecule has 1 aromatic carbocycles. The Balaban J connectivity index is 1.49. The van der Waals surface area contributed by atoms with E-state index < -0.39 is 5.79 Å². The van der Waals surface area contributed by atoms with Crippen LogP contribution in [0.15, 0.2) is 10.9 Å². The molecule has 0 saturated heterocycles. The number of nitrogens with zero attached hydrogens (tertiary/aromatic N) is 2. The van der Waals surface area contributed by atoms with Crippen LogP contribution in [0.2, 0.25) is 0 Å². The number of nitrogens with one attached hydrogen (secondary N) is 1. The van der Waals surface area contributed by atoms with E-state index in [-0.39, 0.29) is 17.4 Å². The van der Waals surface area contributed by atoms with Gasteiger partial charge < -0.3 is 24.3 Å². The Bertz CT molecular complexity index is 1320. The van der Waals surface area contributed by atoms with Gasteiger partial charge >= 0.3 is 0 Å². The maximum absolute atomic E-state index is 14.0. The van der Waals surface area contributed by atoms with E-state index in [4.69, 9.17) is 9.47 Å². The average Bonchev–Trinajstić information content (AvgIpc) is 3.21. The zero-order valence-corrected chi connectivity index (χ0v) is 24.3. The minimum absolute atomic E-state index is 0.0310. The lowest BCUT2D eigenvalue weighted by Crippen LogP contribution is -2.46. The number of aromatic amines is 1. The molecular formula is C31H43N3O4. The minimum atomic E-state index is -0.729. The predicted molar refractivity (Wildman–Crippen MR) is 149 cm³/mol. The molecule has 1 aliphatic carbocycles. The first-order chi connectivity index (χ1) is 17.9. The molecule has 1 amide bonds. The van der Waals surface area contributed by atoms with Crippen LogP contribution in [-0.2, 0) is 13.0 Å². The van der Waals surface area contributed by atoms with E-state index in [1.165, 1.54) is 0 Å². The fraction of sp³-hybridized carbons (Fsp3) is 0.613. The maximum Gasteiger partial charge on any atom is 0.254 e. The number of ether oxygens (including phenoxy) is 2. The molecule has 2 aromatic rings. The summed E-state index contributed by atoms with van der Waals surface area (Å²) in [4.78, 5) is 33.7. The minimum Gasteiger partial charge on any atom is -0.448 e. The molecule has 0 bridgehead atoms. The van der Waals surface area contributed by atoms with E-state index in [9.17, 15) is 9.59 Å². The zero-order chi connectivity index (χ0) is 27.5. The number of hydrogen-bond acceptors (Lipinski definition) is 5. The molecule has 1 fully saturated rings. The van der Waals surface area contributed by atoms with Gasteiger partial charge in [-0.2, -0.15) is 0 Å². The third-order valence-electron chi connectivity index (χ3n) is 9.12. The van der Waals surface area contributed by atoms with Gasteiger partial charge in [0.25, 0.3) is 17.3 Å². The molecule has 38 heavy (non-hydrogen) atoms. The monoisotopic (exact) mass is 521 g/mol. The Hall–Kier alpha value is -2.80. The van der Waals surface area contributed by atoms with Gasteiger partial charge in [-0.05, 0) is 90.1 Å². The first kappa shape index (κ1) is 26.8. The van der Waals surface area contributed by atoms with E-state index in [0.717, 1.165) is 77.1 Å². The number of hydrogen-bond donors (Lipinski definition) is 1. The Morgan fingerprint density at radius 3 is 2.34 bits per heavy atom. The van der Waals surface area contributed by atoms with Gasteiger partial charge in [0.05, 0.1) is 6.54 Å². The lowest BCUT2D eigenvalue weighted by atomic mass is 9.81. The number of carbonyl (C=O) groups excluding carboxylic acids is 1. The van der Waals surface area contributed by atoms with Crippen molar-refractivity contribution in [3.63, 3.8) is 0 Å². The van der Waals surface area contributed by atoms with Crippen molar-refractivity contribution in [1.82, 2.24) is 14.8 Å². The van der Waals surface area contributed by atoms with Crippen molar-refractivity contribution in [1.29, 1.82) is 0 Å². The molecule has 0 radical (unpaired) electrons. The molecule has 3 heterocycles. The second kappa shape index (κ2) is 9.74. The SMILES string of the molecule is Cc1cc(C)c(CN2CCc3c(c(C)c4c(c3C(C)C)OC(C)(C3CCC(N(C)C)CC3)O4)C2=O)c(=O)[nH]1. The predicted octanol–water partition coefficient (Wildman–Crippen LogP) is 5.23. The van der Waals surface area contributed by atoms with Crippen LogP contribution < -0.4 is 15.0 Å². The Morgan fingerprint density at radius 1 is 1.08 bits per heavy atom. The highest BCUT2D eigenvalue weighted by molar-refractivity contribution is 6.00. The van der Waals surface area contributed by atoms with E-state index in [1.54, 1.807) is 0 Å². The highest BCUT2D eigenvalue weighted by atomic mass is 16.7. The summed E-state index contributed by atoms with van der Waals surface area (Å²) in [5.74, 6) is 1.29. The van der Waals surface area contributed by atoms with Gasteiger partial charge in [0.2, 0.25) is 0 Å². The van der Waals surface area contributed by atoms with Crippen LogP contribution in [0.25, 0.3) is 0 Å². The number of rotatable bonds is 5. The number of amides is 1. The van der Waals surface area contributed by atoms with Gasteiger partial charge in [0, 0.05) is 53.4 Å². The summed E-state index contributed by atoms with van der Waals surface area (Å²) in [7, 11) is 4.31. The number of benzene rings is 1. The second-order valence-electron chi connectivity index (χ2n) is 12.3. The van der Waals surface area contributed by atoms with Crippen molar-refractivity contribution in [2.75, 3.05) is 20.6 Å². The van der Waals surface area contributed by atoms with E-state index >= 15 is 0 Å². The van der Waals surface area contributed by atoms with Crippen molar-refractivity contribution >= 4 is 5.91 Å². The molecule has 1 N–H and O–H groups in total. The number of aryl methyl sites for hydroxylation is 2. The lowest BCUT2D eigenvalue weighted by molar-refractivity contribution is -0.123. The molecule has 5 rings (SSSR count). The van der Waals surface area contributed by atoms with Crippen molar-refractivity contribution < 1.29 is 14.3 Å². The highest BCUT2D eigenvalue weighted by Gasteiger charge is 2.49. The molecule has 2 aliphatic heterocycles. The van der Waals surface area contributed by atoms with Crippen molar-refractivity contribution in [3.8, 4) is 11.5 Å². The molecular weight excluding hydrogens is 478 g/mol. The quantitative estimate of drug-likeness (QED) is 0.583. The van der Waals surface area contributed by atoms with Gasteiger partial charge in [-0.3, -0.25) is 9.59 Å². The van der Waals surface area contributed by atoms with Crippen LogP contribution in [0, 0.1) is 26.7 Å². The standard InChI is InChI=1S/C31H43N3O4/c1-17(2)25-23-13-14-34(16-24-18(3)15-19(4)32-29(24)35)30(36)26(23)20(5)27-28(25)38-31(6,37-27)21-9-11-22(12-10-21)33(7)8/h15,17,21-22H,9-14,16H2,1-8H3,(H,32,35). The summed E-state index contributed by atoms with van der Waals surface area (Å²) >= 11 is 0. The summed E-state index contributed by atoms with van der Waals surface area (Å²) in [6.45, 7) is 13.1. The Kier molecular flexibility index (Phi) is 6.87. The zero-order valence-electron chi connectivity index (χ0n) is 24.3. The molecule has 1 saturated carbocycles. The first-order valence-corrected chi connectivity index (χ1v) is 14.1. The number of pyridine rings is 1.